The molecule has 2 aromatic carbocycles. The third kappa shape index (κ3) is 3.10. The molecule has 0 aliphatic carbocycles. The van der Waals surface area contributed by atoms with Crippen molar-refractivity contribution in [3.63, 3.8) is 0 Å². The topological polar surface area (TPSA) is 58.1 Å². The van der Waals surface area contributed by atoms with E-state index in [1.807, 2.05) is 43.3 Å². The molecule has 132 valence electrons. The standard InChI is InChI=1S/C20H19ClN4O/c1-13-8-9-14(11-16(13)21)24-20(26)18-7-4-10-25(18)19-15-5-2-3-6-17(15)22-12-23-19/h2-3,5-6,8-9,11-12,18H,4,7,10H2,1H3,(H,24,26)/t18-/m1/s1. The molecule has 4 rings (SSSR count). The lowest BCUT2D eigenvalue weighted by atomic mass is 10.1. The maximum atomic E-state index is 12.9. The van der Waals surface area contributed by atoms with Gasteiger partial charge in [-0.05, 0) is 49.6 Å². The quantitative estimate of drug-likeness (QED) is 0.754. The van der Waals surface area contributed by atoms with Gasteiger partial charge in [0.2, 0.25) is 5.91 Å². The number of anilines is 2. The van der Waals surface area contributed by atoms with Crippen LogP contribution in [0.25, 0.3) is 10.9 Å². The Kier molecular flexibility index (Phi) is 4.47. The second-order valence-electron chi connectivity index (χ2n) is 6.52. The number of carbonyl (C=O) groups is 1. The summed E-state index contributed by atoms with van der Waals surface area (Å²) in [6, 6.07) is 13.2. The van der Waals surface area contributed by atoms with Crippen molar-refractivity contribution < 1.29 is 4.79 Å². The SMILES string of the molecule is Cc1ccc(NC(=O)[C@H]2CCCN2c2ncnc3ccccc23)cc1Cl. The molecule has 1 N–H and O–H groups in total. The number of para-hydroxylation sites is 1. The van der Waals surface area contributed by atoms with Gasteiger partial charge in [0.15, 0.2) is 0 Å². The summed E-state index contributed by atoms with van der Waals surface area (Å²) in [6.45, 7) is 2.74. The summed E-state index contributed by atoms with van der Waals surface area (Å²) in [6.07, 6.45) is 3.31. The van der Waals surface area contributed by atoms with E-state index in [-0.39, 0.29) is 11.9 Å². The van der Waals surface area contributed by atoms with Crippen LogP contribution in [0.3, 0.4) is 0 Å². The number of nitrogens with zero attached hydrogens (tertiary/aromatic N) is 3. The zero-order valence-corrected chi connectivity index (χ0v) is 15.2. The molecule has 0 bridgehead atoms. The number of amides is 1. The van der Waals surface area contributed by atoms with Gasteiger partial charge in [-0.25, -0.2) is 9.97 Å². The number of nitrogens with one attached hydrogen (secondary N) is 1. The monoisotopic (exact) mass is 366 g/mol. The summed E-state index contributed by atoms with van der Waals surface area (Å²) in [5.41, 5.74) is 2.58. The lowest BCUT2D eigenvalue weighted by Crippen LogP contribution is -2.40. The fraction of sp³-hybridized carbons (Fsp3) is 0.250. The number of benzene rings is 2. The molecule has 6 heteroatoms. The van der Waals surface area contributed by atoms with Gasteiger partial charge in [0.05, 0.1) is 5.52 Å². The maximum absolute atomic E-state index is 12.9. The van der Waals surface area contributed by atoms with Crippen LogP contribution in [0, 0.1) is 6.92 Å². The lowest BCUT2D eigenvalue weighted by molar-refractivity contribution is -0.117. The molecule has 1 aliphatic rings. The molecule has 5 nitrogen and oxygen atoms in total. The van der Waals surface area contributed by atoms with Crippen molar-refractivity contribution >= 4 is 39.9 Å². The number of halogens is 1. The molecule has 26 heavy (non-hydrogen) atoms. The van der Waals surface area contributed by atoms with Crippen LogP contribution < -0.4 is 10.2 Å². The number of carbonyl (C=O) groups excluding carboxylic acids is 1. The summed E-state index contributed by atoms with van der Waals surface area (Å²) in [4.78, 5) is 23.8. The van der Waals surface area contributed by atoms with E-state index >= 15 is 0 Å². The van der Waals surface area contributed by atoms with Gasteiger partial charge in [-0.3, -0.25) is 4.79 Å². The minimum atomic E-state index is -0.256. The number of hydrogen-bond donors (Lipinski definition) is 1. The first kappa shape index (κ1) is 16.8. The van der Waals surface area contributed by atoms with Gasteiger partial charge < -0.3 is 10.2 Å². The van der Waals surface area contributed by atoms with Crippen molar-refractivity contribution in [1.82, 2.24) is 9.97 Å². The van der Waals surface area contributed by atoms with Gasteiger partial charge in [-0.1, -0.05) is 29.8 Å². The van der Waals surface area contributed by atoms with E-state index in [9.17, 15) is 4.79 Å². The largest absolute Gasteiger partial charge is 0.344 e. The van der Waals surface area contributed by atoms with Crippen LogP contribution in [-0.2, 0) is 4.79 Å². The number of aryl methyl sites for hydroxylation is 1. The minimum Gasteiger partial charge on any atom is -0.344 e. The Morgan fingerprint density at radius 2 is 2.08 bits per heavy atom. The average molecular weight is 367 g/mol. The molecule has 0 spiro atoms. The van der Waals surface area contributed by atoms with E-state index in [4.69, 9.17) is 11.6 Å². The van der Waals surface area contributed by atoms with E-state index in [0.717, 1.165) is 41.7 Å². The average Bonchev–Trinajstić information content (AvgIpc) is 3.14. The summed E-state index contributed by atoms with van der Waals surface area (Å²) in [5.74, 6) is 0.778. The maximum Gasteiger partial charge on any atom is 0.247 e. The first-order valence-electron chi connectivity index (χ1n) is 8.67. The van der Waals surface area contributed by atoms with Gasteiger partial charge in [0.1, 0.15) is 18.2 Å². The summed E-state index contributed by atoms with van der Waals surface area (Å²) < 4.78 is 0. The molecule has 1 fully saturated rings. The fourth-order valence-electron chi connectivity index (χ4n) is 3.41. The van der Waals surface area contributed by atoms with Crippen molar-refractivity contribution in [2.24, 2.45) is 0 Å². The predicted molar refractivity (Wildman–Crippen MR) is 105 cm³/mol. The molecule has 0 unspecified atom stereocenters. The number of hydrogen-bond acceptors (Lipinski definition) is 4. The molecule has 0 saturated carbocycles. The molecule has 1 atom stereocenters. The van der Waals surface area contributed by atoms with Crippen LogP contribution in [0.15, 0.2) is 48.8 Å². The van der Waals surface area contributed by atoms with E-state index in [1.165, 1.54) is 0 Å². The lowest BCUT2D eigenvalue weighted by Gasteiger charge is -2.25. The van der Waals surface area contributed by atoms with Crippen LogP contribution in [0.4, 0.5) is 11.5 Å². The molecule has 1 aliphatic heterocycles. The molecule has 3 aromatic rings. The van der Waals surface area contributed by atoms with Gasteiger partial charge in [-0.15, -0.1) is 0 Å². The van der Waals surface area contributed by atoms with E-state index in [2.05, 4.69) is 20.2 Å². The van der Waals surface area contributed by atoms with Gasteiger partial charge in [0.25, 0.3) is 0 Å². The number of rotatable bonds is 3. The van der Waals surface area contributed by atoms with Crippen LogP contribution in [0.2, 0.25) is 5.02 Å². The first-order chi connectivity index (χ1) is 12.6. The molecule has 2 heterocycles. The summed E-state index contributed by atoms with van der Waals surface area (Å²) in [5, 5.41) is 4.60. The highest BCUT2D eigenvalue weighted by Crippen LogP contribution is 2.30. The highest BCUT2D eigenvalue weighted by Gasteiger charge is 2.32. The third-order valence-corrected chi connectivity index (χ3v) is 5.20. The van der Waals surface area contributed by atoms with Crippen LogP contribution in [-0.4, -0.2) is 28.5 Å². The van der Waals surface area contributed by atoms with E-state index in [1.54, 1.807) is 12.4 Å². The molecular formula is C20H19ClN4O. The van der Waals surface area contributed by atoms with E-state index < -0.39 is 0 Å². The van der Waals surface area contributed by atoms with E-state index in [0.29, 0.717) is 10.7 Å². The Balaban J connectivity index is 1.61. The second-order valence-corrected chi connectivity index (χ2v) is 6.93. The van der Waals surface area contributed by atoms with Crippen LogP contribution in [0.5, 0.6) is 0 Å². The Morgan fingerprint density at radius 3 is 2.92 bits per heavy atom. The van der Waals surface area contributed by atoms with Crippen molar-refractivity contribution in [2.75, 3.05) is 16.8 Å². The van der Waals surface area contributed by atoms with Crippen molar-refractivity contribution in [2.45, 2.75) is 25.8 Å². The minimum absolute atomic E-state index is 0.0369. The van der Waals surface area contributed by atoms with Gasteiger partial charge >= 0.3 is 0 Å². The number of fused-ring (bicyclic) bond motifs is 1. The highest BCUT2D eigenvalue weighted by molar-refractivity contribution is 6.31. The van der Waals surface area contributed by atoms with Crippen LogP contribution in [0.1, 0.15) is 18.4 Å². The molecular weight excluding hydrogens is 348 g/mol. The predicted octanol–water partition coefficient (Wildman–Crippen LogP) is 4.20. The second kappa shape index (κ2) is 6.92. The summed E-state index contributed by atoms with van der Waals surface area (Å²) >= 11 is 6.17. The summed E-state index contributed by atoms with van der Waals surface area (Å²) in [7, 11) is 0. The molecule has 1 amide bonds. The van der Waals surface area contributed by atoms with Crippen molar-refractivity contribution in [3.8, 4) is 0 Å². The smallest absolute Gasteiger partial charge is 0.247 e. The first-order valence-corrected chi connectivity index (χ1v) is 9.05. The fourth-order valence-corrected chi connectivity index (χ4v) is 3.59. The van der Waals surface area contributed by atoms with Gasteiger partial charge in [-0.2, -0.15) is 0 Å². The Hall–Kier alpha value is -2.66. The molecule has 1 saturated heterocycles. The normalized spacial score (nSPS) is 16.8. The van der Waals surface area contributed by atoms with Crippen molar-refractivity contribution in [3.05, 3.63) is 59.4 Å². The number of aromatic nitrogens is 2. The zero-order valence-electron chi connectivity index (χ0n) is 14.4. The zero-order chi connectivity index (χ0) is 18.1. The Bertz CT molecular complexity index is 970. The third-order valence-electron chi connectivity index (χ3n) is 4.79. The molecule has 0 radical (unpaired) electrons. The Morgan fingerprint density at radius 1 is 1.23 bits per heavy atom. The Labute approximate surface area is 157 Å². The van der Waals surface area contributed by atoms with Gasteiger partial charge in [0, 0.05) is 22.6 Å². The highest BCUT2D eigenvalue weighted by atomic mass is 35.5. The van der Waals surface area contributed by atoms with Crippen molar-refractivity contribution in [1.29, 1.82) is 0 Å². The van der Waals surface area contributed by atoms with Crippen LogP contribution >= 0.6 is 11.6 Å². The molecule has 1 aromatic heterocycles.